The van der Waals surface area contributed by atoms with Crippen molar-refractivity contribution < 1.29 is 24.6 Å². The summed E-state index contributed by atoms with van der Waals surface area (Å²) in [6, 6.07) is 5.17. The van der Waals surface area contributed by atoms with Crippen molar-refractivity contribution in [2.45, 2.75) is 51.5 Å². The minimum absolute atomic E-state index is 0.0397. The van der Waals surface area contributed by atoms with Gasteiger partial charge in [-0.3, -0.25) is 9.59 Å². The Bertz CT molecular complexity index is 695. The van der Waals surface area contributed by atoms with Crippen LogP contribution in [0.25, 0.3) is 0 Å². The number of nitrogens with one attached hydrogen (secondary N) is 1. The van der Waals surface area contributed by atoms with Gasteiger partial charge in [-0.1, -0.05) is 31.2 Å². The average Bonchev–Trinajstić information content (AvgIpc) is 2.96. The van der Waals surface area contributed by atoms with Crippen LogP contribution < -0.4 is 5.32 Å². The van der Waals surface area contributed by atoms with Gasteiger partial charge in [-0.25, -0.2) is 4.79 Å². The molecule has 1 aliphatic carbocycles. The number of benzene rings is 1. The van der Waals surface area contributed by atoms with Gasteiger partial charge < -0.3 is 15.5 Å². The third kappa shape index (κ3) is 6.24. The summed E-state index contributed by atoms with van der Waals surface area (Å²) in [5.74, 6) is -1.36. The lowest BCUT2D eigenvalue weighted by molar-refractivity contribution is -0.142. The molecule has 0 bridgehead atoms. The number of ketones is 1. The van der Waals surface area contributed by atoms with Crippen LogP contribution in [0.5, 0.6) is 5.75 Å². The zero-order valence-corrected chi connectivity index (χ0v) is 15.6. The number of hydrogen-bond acceptors (Lipinski definition) is 4. The van der Waals surface area contributed by atoms with E-state index in [1.54, 1.807) is 12.1 Å². The summed E-state index contributed by atoms with van der Waals surface area (Å²) in [5, 5.41) is 21.3. The molecule has 1 amide bonds. The minimum Gasteiger partial charge on any atom is -0.508 e. The van der Waals surface area contributed by atoms with Gasteiger partial charge in [0.1, 0.15) is 17.6 Å². The van der Waals surface area contributed by atoms with Crippen LogP contribution in [0.15, 0.2) is 36.4 Å². The third-order valence-electron chi connectivity index (χ3n) is 4.99. The van der Waals surface area contributed by atoms with Crippen molar-refractivity contribution >= 4 is 17.7 Å². The van der Waals surface area contributed by atoms with Gasteiger partial charge in [-0.15, -0.1) is 0 Å². The number of aliphatic carboxylic acids is 1. The third-order valence-corrected chi connectivity index (χ3v) is 4.99. The maximum absolute atomic E-state index is 12.4. The predicted molar refractivity (Wildman–Crippen MR) is 101 cm³/mol. The van der Waals surface area contributed by atoms with Crippen LogP contribution in [0.2, 0.25) is 0 Å². The number of carboxylic acids is 1. The van der Waals surface area contributed by atoms with E-state index in [1.807, 2.05) is 19.1 Å². The van der Waals surface area contributed by atoms with Crippen molar-refractivity contribution in [3.8, 4) is 5.75 Å². The molecule has 1 saturated carbocycles. The molecule has 1 aromatic rings. The highest BCUT2D eigenvalue weighted by molar-refractivity contribution is 5.87. The lowest BCUT2D eigenvalue weighted by Gasteiger charge is -2.19. The molecule has 146 valence electrons. The molecule has 1 aromatic carbocycles. The largest absolute Gasteiger partial charge is 0.508 e. The van der Waals surface area contributed by atoms with Crippen molar-refractivity contribution in [1.29, 1.82) is 0 Å². The molecular formula is C21H27NO5. The molecule has 1 aliphatic rings. The zero-order valence-electron chi connectivity index (χ0n) is 15.6. The Morgan fingerprint density at radius 3 is 2.59 bits per heavy atom. The van der Waals surface area contributed by atoms with Crippen molar-refractivity contribution in [1.82, 2.24) is 5.32 Å². The number of carbonyl (C=O) groups is 3. The van der Waals surface area contributed by atoms with Crippen LogP contribution in [-0.2, 0) is 20.8 Å². The van der Waals surface area contributed by atoms with E-state index in [-0.39, 0.29) is 42.1 Å². The molecule has 0 spiro atoms. The standard InChI is InChI=1S/C21H27NO5/c1-2-3-4-5-17-15(8-11-19(17)24)13-20(25)22-18(21(26)27)12-14-6-9-16(23)10-7-14/h3-4,6-7,9-10,15,17-18,23H,2,5,8,11-13H2,1H3,(H,22,25)(H,26,27)/b4-3+. The first-order chi connectivity index (χ1) is 12.9. The van der Waals surface area contributed by atoms with E-state index in [9.17, 15) is 24.6 Å². The maximum atomic E-state index is 12.4. The first-order valence-corrected chi connectivity index (χ1v) is 9.38. The van der Waals surface area contributed by atoms with Gasteiger partial charge in [0, 0.05) is 25.2 Å². The fourth-order valence-electron chi connectivity index (χ4n) is 3.51. The van der Waals surface area contributed by atoms with Crippen LogP contribution in [0.1, 0.15) is 44.6 Å². The SMILES string of the molecule is CC/C=C/CC1C(=O)CCC1CC(=O)NC(Cc1ccc(O)cc1)C(=O)O. The number of amides is 1. The summed E-state index contributed by atoms with van der Waals surface area (Å²) < 4.78 is 0. The van der Waals surface area contributed by atoms with E-state index in [0.717, 1.165) is 6.42 Å². The minimum atomic E-state index is -1.11. The molecule has 3 N–H and O–H groups in total. The maximum Gasteiger partial charge on any atom is 0.326 e. The molecular weight excluding hydrogens is 346 g/mol. The number of rotatable bonds is 9. The number of Topliss-reactive ketones (excluding diaryl/α,β-unsaturated/α-hetero) is 1. The lowest BCUT2D eigenvalue weighted by Crippen LogP contribution is -2.43. The second-order valence-corrected chi connectivity index (χ2v) is 7.02. The van der Waals surface area contributed by atoms with E-state index in [0.29, 0.717) is 24.8 Å². The van der Waals surface area contributed by atoms with Gasteiger partial charge in [0.2, 0.25) is 5.91 Å². The number of phenols is 1. The Labute approximate surface area is 159 Å². The normalized spacial score (nSPS) is 20.7. The summed E-state index contributed by atoms with van der Waals surface area (Å²) in [5.41, 5.74) is 0.708. The van der Waals surface area contributed by atoms with E-state index in [2.05, 4.69) is 5.32 Å². The smallest absolute Gasteiger partial charge is 0.326 e. The number of carboxylic acid groups (broad SMARTS) is 1. The van der Waals surface area contributed by atoms with Crippen LogP contribution >= 0.6 is 0 Å². The quantitative estimate of drug-likeness (QED) is 0.578. The predicted octanol–water partition coefficient (Wildman–Crippen LogP) is 2.85. The number of aromatic hydroxyl groups is 1. The van der Waals surface area contributed by atoms with Gasteiger partial charge >= 0.3 is 5.97 Å². The number of allylic oxidation sites excluding steroid dienone is 2. The molecule has 3 unspecified atom stereocenters. The van der Waals surface area contributed by atoms with Gasteiger partial charge in [-0.2, -0.15) is 0 Å². The van der Waals surface area contributed by atoms with Crippen LogP contribution in [0.3, 0.4) is 0 Å². The Hall–Kier alpha value is -2.63. The van der Waals surface area contributed by atoms with E-state index >= 15 is 0 Å². The highest BCUT2D eigenvalue weighted by Crippen LogP contribution is 2.34. The fourth-order valence-corrected chi connectivity index (χ4v) is 3.51. The Morgan fingerprint density at radius 2 is 1.96 bits per heavy atom. The fraction of sp³-hybridized carbons (Fsp3) is 0.476. The molecule has 3 atom stereocenters. The van der Waals surface area contributed by atoms with Gasteiger partial charge in [0.15, 0.2) is 0 Å². The highest BCUT2D eigenvalue weighted by Gasteiger charge is 2.35. The Morgan fingerprint density at radius 1 is 1.26 bits per heavy atom. The monoisotopic (exact) mass is 373 g/mol. The topological polar surface area (TPSA) is 104 Å². The van der Waals surface area contributed by atoms with E-state index in [1.165, 1.54) is 12.1 Å². The molecule has 0 aromatic heterocycles. The molecule has 6 heteroatoms. The average molecular weight is 373 g/mol. The molecule has 0 heterocycles. The number of hydrogen-bond donors (Lipinski definition) is 3. The summed E-state index contributed by atoms with van der Waals surface area (Å²) in [6.45, 7) is 2.03. The molecule has 0 saturated heterocycles. The van der Waals surface area contributed by atoms with Crippen LogP contribution in [0.4, 0.5) is 0 Å². The lowest BCUT2D eigenvalue weighted by atomic mass is 9.89. The Kier molecular flexibility index (Phi) is 7.58. The summed E-state index contributed by atoms with van der Waals surface area (Å²) in [6.07, 6.45) is 7.00. The zero-order chi connectivity index (χ0) is 19.8. The number of phenolic OH excluding ortho intramolecular Hbond substituents is 1. The van der Waals surface area contributed by atoms with Crippen molar-refractivity contribution in [3.63, 3.8) is 0 Å². The van der Waals surface area contributed by atoms with Crippen molar-refractivity contribution in [2.24, 2.45) is 11.8 Å². The molecule has 6 nitrogen and oxygen atoms in total. The molecule has 0 aliphatic heterocycles. The van der Waals surface area contributed by atoms with Crippen LogP contribution in [-0.4, -0.2) is 33.9 Å². The summed E-state index contributed by atoms with van der Waals surface area (Å²) in [4.78, 5) is 36.0. The van der Waals surface area contributed by atoms with Crippen molar-refractivity contribution in [2.75, 3.05) is 0 Å². The summed E-state index contributed by atoms with van der Waals surface area (Å²) >= 11 is 0. The first-order valence-electron chi connectivity index (χ1n) is 9.38. The van der Waals surface area contributed by atoms with Crippen LogP contribution in [0, 0.1) is 11.8 Å². The molecule has 27 heavy (non-hydrogen) atoms. The van der Waals surface area contributed by atoms with Gasteiger partial charge in [0.25, 0.3) is 0 Å². The van der Waals surface area contributed by atoms with Gasteiger partial charge in [-0.05, 0) is 42.9 Å². The van der Waals surface area contributed by atoms with E-state index in [4.69, 9.17) is 0 Å². The molecule has 2 rings (SSSR count). The van der Waals surface area contributed by atoms with Crippen molar-refractivity contribution in [3.05, 3.63) is 42.0 Å². The molecule has 0 radical (unpaired) electrons. The summed E-state index contributed by atoms with van der Waals surface area (Å²) in [7, 11) is 0. The highest BCUT2D eigenvalue weighted by atomic mass is 16.4. The Balaban J connectivity index is 1.94. The van der Waals surface area contributed by atoms with E-state index < -0.39 is 12.0 Å². The second kappa shape index (κ2) is 9.90. The second-order valence-electron chi connectivity index (χ2n) is 7.02. The first kappa shape index (κ1) is 20.7. The number of carbonyl (C=O) groups excluding carboxylic acids is 2. The molecule has 1 fully saturated rings. The van der Waals surface area contributed by atoms with Gasteiger partial charge in [0.05, 0.1) is 0 Å².